The van der Waals surface area contributed by atoms with Gasteiger partial charge in [-0.25, -0.2) is 4.79 Å². The van der Waals surface area contributed by atoms with Gasteiger partial charge in [-0.1, -0.05) is 0 Å². The summed E-state index contributed by atoms with van der Waals surface area (Å²) in [7, 11) is 0. The molecule has 1 unspecified atom stereocenters. The average molecular weight is 374 g/mol. The third kappa shape index (κ3) is 3.25. The Bertz CT molecular complexity index is 973. The maximum Gasteiger partial charge on any atom is 0.350 e. The molecule has 1 aromatic carbocycles. The van der Waals surface area contributed by atoms with Crippen LogP contribution in [0, 0.1) is 20.8 Å². The fourth-order valence-electron chi connectivity index (χ4n) is 3.20. The Balaban J connectivity index is 1.80. The molecule has 1 aromatic heterocycles. The van der Waals surface area contributed by atoms with E-state index in [9.17, 15) is 19.8 Å². The molecule has 27 heavy (non-hydrogen) atoms. The number of benzene rings is 1. The molecule has 2 heterocycles. The van der Waals surface area contributed by atoms with Crippen LogP contribution in [0.15, 0.2) is 21.5 Å². The Morgan fingerprint density at radius 1 is 1.22 bits per heavy atom. The molecule has 1 aliphatic heterocycles. The van der Waals surface area contributed by atoms with Gasteiger partial charge < -0.3 is 24.1 Å². The van der Waals surface area contributed by atoms with Crippen molar-refractivity contribution < 1.29 is 28.9 Å². The third-order valence-corrected chi connectivity index (χ3v) is 5.16. The molecule has 0 spiro atoms. The van der Waals surface area contributed by atoms with E-state index in [2.05, 4.69) is 0 Å². The molecule has 0 amide bonds. The Morgan fingerprint density at radius 3 is 2.59 bits per heavy atom. The molecule has 0 radical (unpaired) electrons. The van der Waals surface area contributed by atoms with Crippen LogP contribution in [0.3, 0.4) is 0 Å². The summed E-state index contributed by atoms with van der Waals surface area (Å²) in [6.07, 6.45) is 1.86. The molecule has 2 N–H and O–H groups in total. The van der Waals surface area contributed by atoms with Gasteiger partial charge in [-0.2, -0.15) is 0 Å². The second-order valence-corrected chi connectivity index (χ2v) is 7.04. The van der Waals surface area contributed by atoms with Crippen molar-refractivity contribution in [2.75, 3.05) is 0 Å². The lowest BCUT2D eigenvalue weighted by Crippen LogP contribution is -2.45. The van der Waals surface area contributed by atoms with Crippen molar-refractivity contribution in [3.8, 4) is 17.2 Å². The summed E-state index contributed by atoms with van der Waals surface area (Å²) in [4.78, 5) is 24.1. The number of hydrogen-bond acceptors (Lipinski definition) is 7. The van der Waals surface area contributed by atoms with Crippen LogP contribution in [-0.4, -0.2) is 21.8 Å². The van der Waals surface area contributed by atoms with Crippen molar-refractivity contribution in [3.63, 3.8) is 0 Å². The monoisotopic (exact) mass is 374 g/mol. The normalized spacial score (nSPS) is 18.5. The fourth-order valence-corrected chi connectivity index (χ4v) is 3.20. The predicted octanol–water partition coefficient (Wildman–Crippen LogP) is 2.80. The van der Waals surface area contributed by atoms with Crippen molar-refractivity contribution in [1.82, 2.24) is 0 Å². The van der Waals surface area contributed by atoms with Gasteiger partial charge in [-0.15, -0.1) is 0 Å². The lowest BCUT2D eigenvalue weighted by Gasteiger charge is -2.35. The van der Waals surface area contributed by atoms with Crippen molar-refractivity contribution in [2.24, 2.45) is 0 Å². The molecule has 3 rings (SSSR count). The molecule has 0 saturated carbocycles. The molecule has 144 valence electrons. The molecule has 2 aromatic rings. The van der Waals surface area contributed by atoms with Gasteiger partial charge in [0.1, 0.15) is 30.1 Å². The molecule has 1 atom stereocenters. The first-order valence-electron chi connectivity index (χ1n) is 8.62. The van der Waals surface area contributed by atoms with Gasteiger partial charge in [0.25, 0.3) is 0 Å². The molecule has 1 aliphatic rings. The van der Waals surface area contributed by atoms with Gasteiger partial charge in [-0.05, 0) is 50.8 Å². The van der Waals surface area contributed by atoms with E-state index in [1.54, 1.807) is 13.8 Å². The second kappa shape index (κ2) is 6.64. The Kier molecular flexibility index (Phi) is 4.63. The zero-order valence-corrected chi connectivity index (χ0v) is 15.7. The van der Waals surface area contributed by atoms with Gasteiger partial charge in [-0.3, -0.25) is 4.79 Å². The maximum atomic E-state index is 12.6. The number of phenols is 1. The Labute approximate surface area is 156 Å². The number of aromatic hydroxyl groups is 2. The molecular formula is C20H22O7. The summed E-state index contributed by atoms with van der Waals surface area (Å²) < 4.78 is 16.4. The van der Waals surface area contributed by atoms with Gasteiger partial charge in [0.2, 0.25) is 11.0 Å². The van der Waals surface area contributed by atoms with Crippen molar-refractivity contribution >= 4 is 5.97 Å². The Hall–Kier alpha value is -2.96. The molecular weight excluding hydrogens is 352 g/mol. The van der Waals surface area contributed by atoms with E-state index in [0.29, 0.717) is 18.6 Å². The van der Waals surface area contributed by atoms with Gasteiger partial charge in [0.15, 0.2) is 5.75 Å². The molecule has 0 bridgehead atoms. The van der Waals surface area contributed by atoms with Crippen LogP contribution < -0.4 is 10.2 Å². The smallest absolute Gasteiger partial charge is 0.350 e. The fraction of sp³-hybridized carbons (Fsp3) is 0.400. The lowest BCUT2D eigenvalue weighted by molar-refractivity contribution is -0.164. The highest BCUT2D eigenvalue weighted by Crippen LogP contribution is 2.43. The predicted molar refractivity (Wildman–Crippen MR) is 96.1 cm³/mol. The summed E-state index contributed by atoms with van der Waals surface area (Å²) in [6.45, 7) is 6.89. The number of fused-ring (bicyclic) bond motifs is 1. The number of phenolic OH excluding ortho intramolecular Hbond substituents is 1. The number of esters is 1. The highest BCUT2D eigenvalue weighted by atomic mass is 16.6. The minimum Gasteiger partial charge on any atom is -0.507 e. The van der Waals surface area contributed by atoms with Crippen LogP contribution in [0.25, 0.3) is 0 Å². The first-order valence-corrected chi connectivity index (χ1v) is 8.62. The number of carbonyl (C=O) groups is 1. The minimum absolute atomic E-state index is 0.124. The van der Waals surface area contributed by atoms with E-state index in [1.807, 2.05) is 13.8 Å². The average Bonchev–Trinajstić information content (AvgIpc) is 2.65. The third-order valence-electron chi connectivity index (χ3n) is 5.16. The first-order chi connectivity index (χ1) is 12.6. The van der Waals surface area contributed by atoms with E-state index >= 15 is 0 Å². The molecule has 0 saturated heterocycles. The number of carbonyl (C=O) groups excluding carboxylic acids is 1. The van der Waals surface area contributed by atoms with Crippen molar-refractivity contribution in [3.05, 3.63) is 50.6 Å². The summed E-state index contributed by atoms with van der Waals surface area (Å²) in [6, 6.07) is 1.07. The van der Waals surface area contributed by atoms with E-state index in [1.165, 1.54) is 0 Å². The quantitative estimate of drug-likeness (QED) is 0.796. The highest BCUT2D eigenvalue weighted by molar-refractivity contribution is 5.80. The minimum atomic E-state index is -1.19. The van der Waals surface area contributed by atoms with Gasteiger partial charge >= 0.3 is 5.97 Å². The molecule has 0 fully saturated rings. The van der Waals surface area contributed by atoms with Crippen LogP contribution in [-0.2, 0) is 22.6 Å². The number of hydrogen-bond donors (Lipinski definition) is 2. The summed E-state index contributed by atoms with van der Waals surface area (Å²) in [5.41, 5.74) is 1.36. The summed E-state index contributed by atoms with van der Waals surface area (Å²) >= 11 is 0. The highest BCUT2D eigenvalue weighted by Gasteiger charge is 2.42. The number of ether oxygens (including phenoxy) is 2. The van der Waals surface area contributed by atoms with Gasteiger partial charge in [0.05, 0.1) is 0 Å². The van der Waals surface area contributed by atoms with Crippen LogP contribution >= 0.6 is 0 Å². The van der Waals surface area contributed by atoms with Crippen LogP contribution in [0.2, 0.25) is 0 Å². The van der Waals surface area contributed by atoms with Crippen molar-refractivity contribution in [2.45, 2.75) is 52.7 Å². The first kappa shape index (κ1) is 18.8. The summed E-state index contributed by atoms with van der Waals surface area (Å²) in [5, 5.41) is 19.4. The maximum absolute atomic E-state index is 12.6. The Morgan fingerprint density at radius 2 is 1.93 bits per heavy atom. The summed E-state index contributed by atoms with van der Waals surface area (Å²) in [5.74, 6) is -0.104. The van der Waals surface area contributed by atoms with Gasteiger partial charge in [0, 0.05) is 18.1 Å². The number of rotatable bonds is 3. The second-order valence-electron chi connectivity index (χ2n) is 7.04. The van der Waals surface area contributed by atoms with E-state index in [4.69, 9.17) is 13.9 Å². The molecule has 0 aliphatic carbocycles. The zero-order valence-electron chi connectivity index (χ0n) is 15.7. The topological polar surface area (TPSA) is 106 Å². The van der Waals surface area contributed by atoms with E-state index < -0.39 is 22.7 Å². The van der Waals surface area contributed by atoms with Crippen LogP contribution in [0.1, 0.15) is 41.4 Å². The standard InChI is InChI=1S/C20H22O7/c1-10-11(2)18-14(12(3)17(10)23)5-6-20(4,27-18)19(24)26-8-13-7-15(21)16(22)9-25-13/h7,9,22-23H,5-6,8H2,1-4H3. The lowest BCUT2D eigenvalue weighted by atomic mass is 9.87. The SMILES string of the molecule is Cc1c(C)c2c(c(C)c1O)CCC(C)(C(=O)OCc1cc(=O)c(O)co1)O2. The van der Waals surface area contributed by atoms with E-state index in [-0.39, 0.29) is 18.1 Å². The zero-order chi connectivity index (χ0) is 19.9. The van der Waals surface area contributed by atoms with Crippen LogP contribution in [0.4, 0.5) is 0 Å². The van der Waals surface area contributed by atoms with E-state index in [0.717, 1.165) is 34.6 Å². The molecule has 7 heteroatoms. The van der Waals surface area contributed by atoms with Crippen molar-refractivity contribution in [1.29, 1.82) is 0 Å². The molecule has 7 nitrogen and oxygen atoms in total. The largest absolute Gasteiger partial charge is 0.507 e. The van der Waals surface area contributed by atoms with Crippen LogP contribution in [0.5, 0.6) is 17.2 Å².